The predicted octanol–water partition coefficient (Wildman–Crippen LogP) is 3.95. The van der Waals surface area contributed by atoms with Crippen molar-refractivity contribution < 1.29 is 0 Å². The van der Waals surface area contributed by atoms with Crippen LogP contribution in [0.4, 0.5) is 0 Å². The molecule has 0 aromatic carbocycles. The van der Waals surface area contributed by atoms with Crippen molar-refractivity contribution in [1.82, 2.24) is 0 Å². The second-order valence-electron chi connectivity index (χ2n) is 1.15. The van der Waals surface area contributed by atoms with Gasteiger partial charge < -0.3 is 0 Å². The fraction of sp³-hybridized carbons (Fsp3) is 0.600. The Labute approximate surface area is 62.6 Å². The normalized spacial score (nSPS) is 6.88. The molecule has 0 saturated carbocycles. The summed E-state index contributed by atoms with van der Waals surface area (Å²) < 4.78 is 0. The average Bonchev–Trinajstić information content (AvgIpc) is 1.71. The Morgan fingerprint density at radius 2 is 2.00 bits per heavy atom. The van der Waals surface area contributed by atoms with Gasteiger partial charge in [-0.15, -0.1) is 6.58 Å². The van der Waals surface area contributed by atoms with Gasteiger partial charge in [0.2, 0.25) is 0 Å². The van der Waals surface area contributed by atoms with Gasteiger partial charge in [0.1, 0.15) is 0 Å². The minimum Gasteiger partial charge on any atom is -0.103 e. The van der Waals surface area contributed by atoms with Crippen molar-refractivity contribution in [2.24, 2.45) is 0 Å². The zero-order valence-electron chi connectivity index (χ0n) is 4.95. The van der Waals surface area contributed by atoms with Crippen LogP contribution in [0, 0.1) is 0 Å². The van der Waals surface area contributed by atoms with Gasteiger partial charge in [-0.1, -0.05) is 41.9 Å². The minimum atomic E-state index is 0.0278. The monoisotopic (exact) mass is 172 g/mol. The Bertz CT molecular complexity index is 39.4. The van der Waals surface area contributed by atoms with E-state index in [1.165, 1.54) is 6.42 Å². The standard InChI is InChI=1S/C5H10.Cl2HP/c1-3-5-4-2;1-3-2/h3H,1,4-5H2,2H3;3H. The lowest BCUT2D eigenvalue weighted by Crippen LogP contribution is -1.52. The van der Waals surface area contributed by atoms with E-state index in [0.29, 0.717) is 0 Å². The van der Waals surface area contributed by atoms with E-state index in [1.54, 1.807) is 0 Å². The lowest BCUT2D eigenvalue weighted by molar-refractivity contribution is 0.961. The van der Waals surface area contributed by atoms with Gasteiger partial charge in [-0.3, -0.25) is 0 Å². The maximum Gasteiger partial charge on any atom is 0.0713 e. The zero-order chi connectivity index (χ0) is 6.83. The third-order valence-corrected chi connectivity index (χ3v) is 0.493. The smallest absolute Gasteiger partial charge is 0.0713 e. The second kappa shape index (κ2) is 15.7. The van der Waals surface area contributed by atoms with Gasteiger partial charge in [0.05, 0.1) is 7.29 Å². The third kappa shape index (κ3) is 29.5. The van der Waals surface area contributed by atoms with E-state index < -0.39 is 0 Å². The maximum atomic E-state index is 4.79. The van der Waals surface area contributed by atoms with Gasteiger partial charge in [-0.05, 0) is 6.42 Å². The summed E-state index contributed by atoms with van der Waals surface area (Å²) >= 11 is 9.58. The largest absolute Gasteiger partial charge is 0.103 e. The van der Waals surface area contributed by atoms with Crippen molar-refractivity contribution in [2.45, 2.75) is 19.8 Å². The molecule has 50 valence electrons. The summed E-state index contributed by atoms with van der Waals surface area (Å²) in [5.74, 6) is 0. The minimum absolute atomic E-state index is 0.0278. The molecule has 0 aliphatic heterocycles. The maximum absolute atomic E-state index is 4.79. The zero-order valence-corrected chi connectivity index (χ0v) is 7.47. The van der Waals surface area contributed by atoms with Crippen LogP contribution in [0.5, 0.6) is 0 Å². The number of unbranched alkanes of at least 4 members (excludes halogenated alkanes) is 1. The van der Waals surface area contributed by atoms with Gasteiger partial charge in [0.15, 0.2) is 0 Å². The summed E-state index contributed by atoms with van der Waals surface area (Å²) in [5, 5.41) is 0. The number of rotatable bonds is 2. The third-order valence-electron chi connectivity index (χ3n) is 0.493. The van der Waals surface area contributed by atoms with Crippen LogP contribution in [-0.2, 0) is 0 Å². The molecule has 0 nitrogen and oxygen atoms in total. The molecule has 0 aromatic heterocycles. The van der Waals surface area contributed by atoms with Crippen LogP contribution in [0.3, 0.4) is 0 Å². The highest BCUT2D eigenvalue weighted by molar-refractivity contribution is 7.90. The first-order chi connectivity index (χ1) is 3.83. The summed E-state index contributed by atoms with van der Waals surface area (Å²) in [6, 6.07) is 0. The molecular formula is C5H11Cl2P. The van der Waals surface area contributed by atoms with Gasteiger partial charge in [-0.25, -0.2) is 0 Å². The fourth-order valence-corrected chi connectivity index (χ4v) is 0.204. The van der Waals surface area contributed by atoms with E-state index in [0.717, 1.165) is 6.42 Å². The molecule has 0 amide bonds. The molecular weight excluding hydrogens is 162 g/mol. The Morgan fingerprint density at radius 3 is 2.00 bits per heavy atom. The number of hydrogen-bond acceptors (Lipinski definition) is 0. The Kier molecular flexibility index (Phi) is 22.6. The molecule has 0 saturated heterocycles. The van der Waals surface area contributed by atoms with Crippen LogP contribution >= 0.6 is 29.8 Å². The van der Waals surface area contributed by atoms with Crippen molar-refractivity contribution in [1.29, 1.82) is 0 Å². The van der Waals surface area contributed by atoms with Crippen LogP contribution in [0.15, 0.2) is 12.7 Å². The molecule has 0 heterocycles. The molecule has 8 heavy (non-hydrogen) atoms. The Hall–Kier alpha value is 0.750. The number of allylic oxidation sites excluding steroid dienone is 1. The van der Waals surface area contributed by atoms with Crippen LogP contribution in [0.1, 0.15) is 19.8 Å². The highest BCUT2D eigenvalue weighted by Gasteiger charge is 1.61. The van der Waals surface area contributed by atoms with Crippen molar-refractivity contribution in [3.8, 4) is 0 Å². The Balaban J connectivity index is 0. The van der Waals surface area contributed by atoms with E-state index in [-0.39, 0.29) is 7.29 Å². The van der Waals surface area contributed by atoms with Gasteiger partial charge in [-0.2, -0.15) is 0 Å². The molecule has 0 rings (SSSR count). The first-order valence-corrected chi connectivity index (χ1v) is 5.43. The van der Waals surface area contributed by atoms with Crippen LogP contribution in [0.25, 0.3) is 0 Å². The van der Waals surface area contributed by atoms with E-state index >= 15 is 0 Å². The summed E-state index contributed by atoms with van der Waals surface area (Å²) in [4.78, 5) is 0. The predicted molar refractivity (Wildman–Crippen MR) is 45.1 cm³/mol. The topological polar surface area (TPSA) is 0 Å². The lowest BCUT2D eigenvalue weighted by Gasteiger charge is -1.72. The summed E-state index contributed by atoms with van der Waals surface area (Å²) in [5.41, 5.74) is 0. The highest BCUT2D eigenvalue weighted by Crippen LogP contribution is 2.19. The van der Waals surface area contributed by atoms with Crippen LogP contribution in [0.2, 0.25) is 0 Å². The molecule has 0 aromatic rings. The molecule has 0 bridgehead atoms. The van der Waals surface area contributed by atoms with Gasteiger partial charge in [0.25, 0.3) is 0 Å². The van der Waals surface area contributed by atoms with E-state index in [4.69, 9.17) is 22.5 Å². The number of hydrogen-bond donors (Lipinski definition) is 0. The van der Waals surface area contributed by atoms with Crippen LogP contribution < -0.4 is 0 Å². The molecule has 0 radical (unpaired) electrons. The molecule has 0 spiro atoms. The van der Waals surface area contributed by atoms with E-state index in [9.17, 15) is 0 Å². The van der Waals surface area contributed by atoms with E-state index in [2.05, 4.69) is 13.5 Å². The van der Waals surface area contributed by atoms with Crippen molar-refractivity contribution in [2.75, 3.05) is 0 Å². The number of halogens is 2. The molecule has 0 aliphatic rings. The first-order valence-electron chi connectivity index (χ1n) is 2.40. The molecule has 0 N–H and O–H groups in total. The SMILES string of the molecule is C=CCCC.ClPCl. The summed E-state index contributed by atoms with van der Waals surface area (Å²) in [7, 11) is 0.0278. The molecule has 0 fully saturated rings. The fourth-order valence-electron chi connectivity index (χ4n) is 0.204. The van der Waals surface area contributed by atoms with E-state index in [1.807, 2.05) is 6.08 Å². The van der Waals surface area contributed by atoms with Gasteiger partial charge in [0, 0.05) is 0 Å². The average molecular weight is 173 g/mol. The van der Waals surface area contributed by atoms with Crippen molar-refractivity contribution in [3.05, 3.63) is 12.7 Å². The van der Waals surface area contributed by atoms with Crippen molar-refractivity contribution in [3.63, 3.8) is 0 Å². The molecule has 0 unspecified atom stereocenters. The lowest BCUT2D eigenvalue weighted by atomic mass is 10.3. The quantitative estimate of drug-likeness (QED) is 0.438. The summed E-state index contributed by atoms with van der Waals surface area (Å²) in [6.45, 7) is 5.69. The molecule has 3 heteroatoms. The summed E-state index contributed by atoms with van der Waals surface area (Å²) in [6.07, 6.45) is 4.31. The first kappa shape index (κ1) is 11.5. The second-order valence-corrected chi connectivity index (χ2v) is 3.01. The van der Waals surface area contributed by atoms with Gasteiger partial charge >= 0.3 is 0 Å². The van der Waals surface area contributed by atoms with Crippen molar-refractivity contribution >= 4 is 29.8 Å². The molecule has 0 atom stereocenters. The molecule has 0 aliphatic carbocycles. The van der Waals surface area contributed by atoms with Crippen LogP contribution in [-0.4, -0.2) is 0 Å². The highest BCUT2D eigenvalue weighted by atomic mass is 35.9. The Morgan fingerprint density at radius 1 is 1.62 bits per heavy atom.